The van der Waals surface area contributed by atoms with Gasteiger partial charge >= 0.3 is 6.03 Å². The number of hydrogen-bond donors (Lipinski definition) is 4. The number of carbonyl (C=O) groups excluding carboxylic acids is 1. The van der Waals surface area contributed by atoms with E-state index in [1.54, 1.807) is 0 Å². The van der Waals surface area contributed by atoms with Gasteiger partial charge in [0.2, 0.25) is 0 Å². The van der Waals surface area contributed by atoms with Gasteiger partial charge in [-0.25, -0.2) is 4.79 Å². The van der Waals surface area contributed by atoms with E-state index in [1.807, 2.05) is 0 Å². The second kappa shape index (κ2) is 10.6. The highest BCUT2D eigenvalue weighted by Crippen LogP contribution is 2.27. The van der Waals surface area contributed by atoms with Crippen molar-refractivity contribution in [2.75, 3.05) is 26.2 Å². The molecule has 4 unspecified atom stereocenters. The summed E-state index contributed by atoms with van der Waals surface area (Å²) in [6.07, 6.45) is 12.3. The van der Waals surface area contributed by atoms with Crippen LogP contribution in [0.15, 0.2) is 0 Å². The highest BCUT2D eigenvalue weighted by molar-refractivity contribution is 5.74. The molecule has 0 aromatic carbocycles. The molecule has 2 heterocycles. The van der Waals surface area contributed by atoms with Gasteiger partial charge in [0.1, 0.15) is 0 Å². The third-order valence-corrected chi connectivity index (χ3v) is 8.06. The number of hydrogen-bond acceptors (Lipinski definition) is 5. The Bertz CT molecular complexity index is 501. The molecule has 0 spiro atoms. The topological polar surface area (TPSA) is 88.1 Å². The number of carbonyl (C=O) groups is 1. The van der Waals surface area contributed by atoms with E-state index < -0.39 is 0 Å². The standard InChI is InChI=1S/C23H42N4O3/c28-21-7-3-1-5-19(21)26-13-9-17(10-14-26)24-23(30)25-18-11-15-27(16-12-18)20-6-2-4-8-22(20)29/h17-22,28-29H,1-16H2,(H2,24,25,30). The third kappa shape index (κ3) is 5.67. The number of nitrogens with zero attached hydrogens (tertiary/aromatic N) is 2. The van der Waals surface area contributed by atoms with Gasteiger partial charge in [-0.1, -0.05) is 25.7 Å². The van der Waals surface area contributed by atoms with Gasteiger partial charge in [-0.3, -0.25) is 9.80 Å². The number of aliphatic hydroxyl groups excluding tert-OH is 2. The molecule has 4 aliphatic rings. The summed E-state index contributed by atoms with van der Waals surface area (Å²) in [5.41, 5.74) is 0. The Balaban J connectivity index is 1.14. The molecule has 4 N–H and O–H groups in total. The van der Waals surface area contributed by atoms with Crippen LogP contribution in [0.4, 0.5) is 4.79 Å². The first-order chi connectivity index (χ1) is 14.6. The van der Waals surface area contributed by atoms with Crippen molar-refractivity contribution < 1.29 is 15.0 Å². The maximum atomic E-state index is 12.5. The van der Waals surface area contributed by atoms with Gasteiger partial charge < -0.3 is 20.8 Å². The van der Waals surface area contributed by atoms with E-state index in [9.17, 15) is 15.0 Å². The van der Waals surface area contributed by atoms with Crippen LogP contribution in [-0.4, -0.2) is 88.6 Å². The van der Waals surface area contributed by atoms with Crippen molar-refractivity contribution in [2.24, 2.45) is 0 Å². The molecule has 2 aliphatic heterocycles. The lowest BCUT2D eigenvalue weighted by Crippen LogP contribution is -2.56. The fourth-order valence-electron chi connectivity index (χ4n) is 6.20. The third-order valence-electron chi connectivity index (χ3n) is 8.06. The number of likely N-dealkylation sites (tertiary alicyclic amines) is 2. The Labute approximate surface area is 181 Å². The van der Waals surface area contributed by atoms with Gasteiger partial charge in [0.25, 0.3) is 0 Å². The SMILES string of the molecule is O=C(NC1CCN(C2CCCCC2O)CC1)NC1CCN(C2CCCCC2O)CC1. The predicted octanol–water partition coefficient (Wildman–Crippen LogP) is 1.82. The highest BCUT2D eigenvalue weighted by atomic mass is 16.3. The molecule has 4 rings (SSSR count). The highest BCUT2D eigenvalue weighted by Gasteiger charge is 2.33. The molecule has 0 aromatic rings. The minimum Gasteiger partial charge on any atom is -0.391 e. The first-order valence-corrected chi connectivity index (χ1v) is 12.5. The fourth-order valence-corrected chi connectivity index (χ4v) is 6.20. The average Bonchev–Trinajstić information content (AvgIpc) is 2.76. The summed E-state index contributed by atoms with van der Waals surface area (Å²) < 4.78 is 0. The summed E-state index contributed by atoms with van der Waals surface area (Å²) in [6, 6.07) is 1.09. The van der Waals surface area contributed by atoms with E-state index in [4.69, 9.17) is 0 Å². The number of amides is 2. The van der Waals surface area contributed by atoms with Gasteiger partial charge in [0, 0.05) is 50.3 Å². The van der Waals surface area contributed by atoms with Gasteiger partial charge in [-0.15, -0.1) is 0 Å². The number of rotatable bonds is 4. The molecular formula is C23H42N4O3. The van der Waals surface area contributed by atoms with Gasteiger partial charge in [-0.2, -0.15) is 0 Å². The summed E-state index contributed by atoms with van der Waals surface area (Å²) in [5, 5.41) is 27.0. The zero-order valence-corrected chi connectivity index (χ0v) is 18.5. The average molecular weight is 423 g/mol. The maximum Gasteiger partial charge on any atom is 0.315 e. The van der Waals surface area contributed by atoms with Gasteiger partial charge in [0.15, 0.2) is 0 Å². The van der Waals surface area contributed by atoms with Crippen LogP contribution in [-0.2, 0) is 0 Å². The molecule has 7 nitrogen and oxygen atoms in total. The molecule has 2 saturated carbocycles. The van der Waals surface area contributed by atoms with Crippen molar-refractivity contribution >= 4 is 6.03 Å². The van der Waals surface area contributed by atoms with E-state index in [0.717, 1.165) is 90.4 Å². The molecule has 2 saturated heterocycles. The number of nitrogens with one attached hydrogen (secondary N) is 2. The largest absolute Gasteiger partial charge is 0.391 e. The lowest BCUT2D eigenvalue weighted by molar-refractivity contribution is 0.00673. The summed E-state index contributed by atoms with van der Waals surface area (Å²) in [6.45, 7) is 3.87. The molecule has 4 fully saturated rings. The van der Waals surface area contributed by atoms with E-state index in [2.05, 4.69) is 20.4 Å². The Morgan fingerprint density at radius 3 is 1.33 bits per heavy atom. The molecule has 172 valence electrons. The normalized spacial score (nSPS) is 35.8. The zero-order valence-electron chi connectivity index (χ0n) is 18.5. The van der Waals surface area contributed by atoms with E-state index in [1.165, 1.54) is 12.8 Å². The molecule has 0 radical (unpaired) electrons. The Morgan fingerprint density at radius 2 is 0.967 bits per heavy atom. The smallest absolute Gasteiger partial charge is 0.315 e. The zero-order chi connectivity index (χ0) is 20.9. The predicted molar refractivity (Wildman–Crippen MR) is 117 cm³/mol. The number of urea groups is 1. The summed E-state index contributed by atoms with van der Waals surface area (Å²) >= 11 is 0. The Kier molecular flexibility index (Phi) is 7.90. The second-order valence-electron chi connectivity index (χ2n) is 10.1. The monoisotopic (exact) mass is 422 g/mol. The van der Waals surface area contributed by atoms with Crippen LogP contribution in [0.3, 0.4) is 0 Å². The maximum absolute atomic E-state index is 12.5. The number of piperidine rings is 2. The molecule has 2 amide bonds. The van der Waals surface area contributed by atoms with Crippen LogP contribution in [0.2, 0.25) is 0 Å². The van der Waals surface area contributed by atoms with Crippen LogP contribution in [0, 0.1) is 0 Å². The van der Waals surface area contributed by atoms with Crippen molar-refractivity contribution in [1.29, 1.82) is 0 Å². The fraction of sp³-hybridized carbons (Fsp3) is 0.957. The van der Waals surface area contributed by atoms with Crippen LogP contribution in [0.5, 0.6) is 0 Å². The molecule has 0 aromatic heterocycles. The molecule has 7 heteroatoms. The van der Waals surface area contributed by atoms with Crippen molar-refractivity contribution in [1.82, 2.24) is 20.4 Å². The first-order valence-electron chi connectivity index (χ1n) is 12.5. The van der Waals surface area contributed by atoms with E-state index in [-0.39, 0.29) is 30.3 Å². The lowest BCUT2D eigenvalue weighted by Gasteiger charge is -2.42. The Hall–Kier alpha value is -0.890. The van der Waals surface area contributed by atoms with Crippen LogP contribution in [0.1, 0.15) is 77.0 Å². The summed E-state index contributed by atoms with van der Waals surface area (Å²) in [5.74, 6) is 0. The summed E-state index contributed by atoms with van der Waals surface area (Å²) in [7, 11) is 0. The van der Waals surface area contributed by atoms with Crippen LogP contribution in [0.25, 0.3) is 0 Å². The summed E-state index contributed by atoms with van der Waals surface area (Å²) in [4.78, 5) is 17.4. The first kappa shape index (κ1) is 22.3. The van der Waals surface area contributed by atoms with E-state index in [0.29, 0.717) is 12.1 Å². The van der Waals surface area contributed by atoms with Gasteiger partial charge in [0.05, 0.1) is 12.2 Å². The van der Waals surface area contributed by atoms with Crippen molar-refractivity contribution in [3.8, 4) is 0 Å². The van der Waals surface area contributed by atoms with Crippen LogP contribution < -0.4 is 10.6 Å². The van der Waals surface area contributed by atoms with E-state index >= 15 is 0 Å². The van der Waals surface area contributed by atoms with Gasteiger partial charge in [-0.05, 0) is 51.4 Å². The van der Waals surface area contributed by atoms with Crippen molar-refractivity contribution in [3.63, 3.8) is 0 Å². The minimum absolute atomic E-state index is 0.0256. The molecule has 2 aliphatic carbocycles. The molecule has 0 bridgehead atoms. The Morgan fingerprint density at radius 1 is 0.600 bits per heavy atom. The van der Waals surface area contributed by atoms with Crippen LogP contribution >= 0.6 is 0 Å². The van der Waals surface area contributed by atoms with Crippen molar-refractivity contribution in [2.45, 2.75) is 113 Å². The second-order valence-corrected chi connectivity index (χ2v) is 10.1. The lowest BCUT2D eigenvalue weighted by atomic mass is 9.89. The number of aliphatic hydroxyl groups is 2. The quantitative estimate of drug-likeness (QED) is 0.555. The van der Waals surface area contributed by atoms with Crippen molar-refractivity contribution in [3.05, 3.63) is 0 Å². The molecule has 30 heavy (non-hydrogen) atoms. The minimum atomic E-state index is -0.174. The molecular weight excluding hydrogens is 380 g/mol. The molecule has 4 atom stereocenters.